The summed E-state index contributed by atoms with van der Waals surface area (Å²) < 4.78 is 7.39. The van der Waals surface area contributed by atoms with Crippen LogP contribution < -0.4 is 0 Å². The molecule has 5 heteroatoms. The molecule has 0 amide bonds. The highest BCUT2D eigenvalue weighted by atomic mass is 32.1. The maximum absolute atomic E-state index is 5.61. The van der Waals surface area contributed by atoms with Crippen LogP contribution in [0.5, 0.6) is 0 Å². The average Bonchev–Trinajstić information content (AvgIpc) is 3.22. The predicted octanol–water partition coefficient (Wildman–Crippen LogP) is 3.56. The standard InChI is InChI=1S/C15H19N3OS/c1-2-17(10-12-8-9-12)11-18-15(20)19-14(16-18)13-6-4-3-5-7-13/h3-7,12H,2,8-11H2,1H3. The van der Waals surface area contributed by atoms with Gasteiger partial charge in [0, 0.05) is 12.1 Å². The molecule has 0 aliphatic heterocycles. The van der Waals surface area contributed by atoms with Gasteiger partial charge in [-0.1, -0.05) is 25.1 Å². The Labute approximate surface area is 124 Å². The predicted molar refractivity (Wildman–Crippen MR) is 80.7 cm³/mol. The molecule has 0 spiro atoms. The minimum Gasteiger partial charge on any atom is -0.409 e. The topological polar surface area (TPSA) is 34.2 Å². The molecule has 1 fully saturated rings. The lowest BCUT2D eigenvalue weighted by atomic mass is 10.2. The molecule has 1 heterocycles. The molecule has 4 nitrogen and oxygen atoms in total. The van der Waals surface area contributed by atoms with E-state index in [1.807, 2.05) is 30.3 Å². The molecular formula is C15H19N3OS. The van der Waals surface area contributed by atoms with Crippen LogP contribution in [0.3, 0.4) is 0 Å². The fourth-order valence-corrected chi connectivity index (χ4v) is 2.41. The van der Waals surface area contributed by atoms with Crippen LogP contribution in [-0.4, -0.2) is 27.8 Å². The summed E-state index contributed by atoms with van der Waals surface area (Å²) in [5.41, 5.74) is 0.961. The van der Waals surface area contributed by atoms with Crippen molar-refractivity contribution in [1.82, 2.24) is 14.7 Å². The van der Waals surface area contributed by atoms with Crippen molar-refractivity contribution >= 4 is 12.2 Å². The van der Waals surface area contributed by atoms with E-state index in [2.05, 4.69) is 16.9 Å². The van der Waals surface area contributed by atoms with Crippen molar-refractivity contribution in [1.29, 1.82) is 0 Å². The van der Waals surface area contributed by atoms with E-state index in [-0.39, 0.29) is 0 Å². The average molecular weight is 289 g/mol. The maximum Gasteiger partial charge on any atom is 0.288 e. The molecule has 3 rings (SSSR count). The van der Waals surface area contributed by atoms with Crippen LogP contribution in [-0.2, 0) is 6.67 Å². The summed E-state index contributed by atoms with van der Waals surface area (Å²) in [6, 6.07) is 9.87. The SMILES string of the molecule is CCN(CC1CC1)Cn1nc(-c2ccccc2)oc1=S. The van der Waals surface area contributed by atoms with Gasteiger partial charge in [-0.05, 0) is 49.7 Å². The van der Waals surface area contributed by atoms with Crippen molar-refractivity contribution in [3.05, 3.63) is 35.2 Å². The van der Waals surface area contributed by atoms with E-state index < -0.39 is 0 Å². The van der Waals surface area contributed by atoms with Crippen LogP contribution in [0.25, 0.3) is 11.5 Å². The number of nitrogens with zero attached hydrogens (tertiary/aromatic N) is 3. The Morgan fingerprint density at radius 2 is 2.10 bits per heavy atom. The zero-order chi connectivity index (χ0) is 13.9. The van der Waals surface area contributed by atoms with Crippen LogP contribution in [0.1, 0.15) is 19.8 Å². The first kappa shape index (κ1) is 13.5. The van der Waals surface area contributed by atoms with Gasteiger partial charge >= 0.3 is 0 Å². The summed E-state index contributed by atoms with van der Waals surface area (Å²) in [4.78, 5) is 2.81. The van der Waals surface area contributed by atoms with E-state index in [4.69, 9.17) is 16.6 Å². The number of benzene rings is 1. The van der Waals surface area contributed by atoms with Gasteiger partial charge in [0.05, 0.1) is 6.67 Å². The van der Waals surface area contributed by atoms with Crippen LogP contribution in [0, 0.1) is 10.8 Å². The van der Waals surface area contributed by atoms with Crippen LogP contribution >= 0.6 is 12.2 Å². The van der Waals surface area contributed by atoms with Gasteiger partial charge in [0.2, 0.25) is 5.89 Å². The molecule has 1 aliphatic carbocycles. The molecule has 1 saturated carbocycles. The first-order chi connectivity index (χ1) is 9.76. The fraction of sp³-hybridized carbons (Fsp3) is 0.467. The monoisotopic (exact) mass is 289 g/mol. The van der Waals surface area contributed by atoms with E-state index in [0.717, 1.165) is 24.6 Å². The van der Waals surface area contributed by atoms with E-state index >= 15 is 0 Å². The molecule has 1 aromatic heterocycles. The normalized spacial score (nSPS) is 14.9. The molecule has 0 unspecified atom stereocenters. The number of aromatic nitrogens is 2. The molecule has 106 valence electrons. The first-order valence-corrected chi connectivity index (χ1v) is 7.53. The van der Waals surface area contributed by atoms with Crippen molar-refractivity contribution in [2.75, 3.05) is 13.1 Å². The quantitative estimate of drug-likeness (QED) is 0.762. The van der Waals surface area contributed by atoms with Gasteiger partial charge in [0.25, 0.3) is 4.84 Å². The van der Waals surface area contributed by atoms with Crippen LogP contribution in [0.15, 0.2) is 34.7 Å². The Morgan fingerprint density at radius 1 is 1.35 bits per heavy atom. The maximum atomic E-state index is 5.61. The van der Waals surface area contributed by atoms with E-state index in [1.54, 1.807) is 4.68 Å². The number of rotatable bonds is 6. The zero-order valence-electron chi connectivity index (χ0n) is 11.7. The van der Waals surface area contributed by atoms with Crippen molar-refractivity contribution in [2.24, 2.45) is 5.92 Å². The van der Waals surface area contributed by atoms with Crippen LogP contribution in [0.2, 0.25) is 0 Å². The van der Waals surface area contributed by atoms with Crippen molar-refractivity contribution < 1.29 is 4.42 Å². The molecule has 0 bridgehead atoms. The van der Waals surface area contributed by atoms with E-state index in [9.17, 15) is 0 Å². The lowest BCUT2D eigenvalue weighted by molar-refractivity contribution is 0.205. The molecule has 20 heavy (non-hydrogen) atoms. The van der Waals surface area contributed by atoms with E-state index in [0.29, 0.717) is 17.4 Å². The highest BCUT2D eigenvalue weighted by Gasteiger charge is 2.24. The van der Waals surface area contributed by atoms with Crippen molar-refractivity contribution in [3.8, 4) is 11.5 Å². The van der Waals surface area contributed by atoms with Gasteiger partial charge in [-0.15, -0.1) is 5.10 Å². The van der Waals surface area contributed by atoms with Gasteiger partial charge in [-0.3, -0.25) is 4.90 Å². The lowest BCUT2D eigenvalue weighted by Gasteiger charge is -2.19. The summed E-state index contributed by atoms with van der Waals surface area (Å²) >= 11 is 5.28. The second-order valence-electron chi connectivity index (χ2n) is 5.29. The molecule has 1 aromatic carbocycles. The number of hydrogen-bond acceptors (Lipinski definition) is 4. The largest absolute Gasteiger partial charge is 0.409 e. The molecule has 0 radical (unpaired) electrons. The Balaban J connectivity index is 1.76. The Hall–Kier alpha value is -1.46. The molecule has 0 saturated heterocycles. The summed E-state index contributed by atoms with van der Waals surface area (Å²) in [5, 5.41) is 4.50. The third kappa shape index (κ3) is 3.16. The highest BCUT2D eigenvalue weighted by Crippen LogP contribution is 2.29. The van der Waals surface area contributed by atoms with Crippen LogP contribution in [0.4, 0.5) is 0 Å². The minimum absolute atomic E-state index is 0.443. The second-order valence-corrected chi connectivity index (χ2v) is 5.64. The smallest absolute Gasteiger partial charge is 0.288 e. The van der Waals surface area contributed by atoms with Crippen molar-refractivity contribution in [2.45, 2.75) is 26.4 Å². The van der Waals surface area contributed by atoms with Gasteiger partial charge in [-0.2, -0.15) is 0 Å². The Kier molecular flexibility index (Phi) is 3.98. The highest BCUT2D eigenvalue weighted by molar-refractivity contribution is 7.71. The van der Waals surface area contributed by atoms with Gasteiger partial charge in [-0.25, -0.2) is 4.68 Å². The molecular weight excluding hydrogens is 270 g/mol. The second kappa shape index (κ2) is 5.89. The third-order valence-corrected chi connectivity index (χ3v) is 3.92. The van der Waals surface area contributed by atoms with Gasteiger partial charge in [0.15, 0.2) is 0 Å². The summed E-state index contributed by atoms with van der Waals surface area (Å²) in [7, 11) is 0. The zero-order valence-corrected chi connectivity index (χ0v) is 12.5. The van der Waals surface area contributed by atoms with Gasteiger partial charge < -0.3 is 4.42 Å². The molecule has 0 N–H and O–H groups in total. The summed E-state index contributed by atoms with van der Waals surface area (Å²) in [5.74, 6) is 1.46. The summed E-state index contributed by atoms with van der Waals surface area (Å²) in [6.07, 6.45) is 2.71. The van der Waals surface area contributed by atoms with E-state index in [1.165, 1.54) is 12.8 Å². The molecule has 2 aromatic rings. The molecule has 1 aliphatic rings. The lowest BCUT2D eigenvalue weighted by Crippen LogP contribution is -2.28. The Bertz CT molecular complexity index is 616. The third-order valence-electron chi connectivity index (χ3n) is 3.62. The Morgan fingerprint density at radius 3 is 2.75 bits per heavy atom. The minimum atomic E-state index is 0.443. The number of hydrogen-bond donors (Lipinski definition) is 0. The molecule has 0 atom stereocenters. The van der Waals surface area contributed by atoms with Gasteiger partial charge in [0.1, 0.15) is 0 Å². The van der Waals surface area contributed by atoms with Crippen molar-refractivity contribution in [3.63, 3.8) is 0 Å². The summed E-state index contributed by atoms with van der Waals surface area (Å²) in [6.45, 7) is 5.02. The first-order valence-electron chi connectivity index (χ1n) is 7.12. The fourth-order valence-electron chi connectivity index (χ4n) is 2.23.